The molecule has 0 radical (unpaired) electrons. The minimum Gasteiger partial charge on any atom is -0.332 e. The summed E-state index contributed by atoms with van der Waals surface area (Å²) in [6, 6.07) is -0.0801. The first-order chi connectivity index (χ1) is 9.97. The zero-order chi connectivity index (χ0) is 15.4. The Balaban J connectivity index is 1.84. The fourth-order valence-electron chi connectivity index (χ4n) is 2.08. The number of hydrogen-bond donors (Lipinski definition) is 1. The van der Waals surface area contributed by atoms with Crippen molar-refractivity contribution < 1.29 is 4.79 Å². The van der Waals surface area contributed by atoms with Gasteiger partial charge in [0.2, 0.25) is 0 Å². The molecule has 0 bridgehead atoms. The van der Waals surface area contributed by atoms with E-state index < -0.39 is 0 Å². The van der Waals surface area contributed by atoms with E-state index in [1.807, 2.05) is 19.2 Å². The summed E-state index contributed by atoms with van der Waals surface area (Å²) >= 11 is 3.28. The van der Waals surface area contributed by atoms with E-state index in [4.69, 9.17) is 0 Å². The number of urea groups is 1. The van der Waals surface area contributed by atoms with Crippen LogP contribution in [-0.4, -0.2) is 34.5 Å². The lowest BCUT2D eigenvalue weighted by Gasteiger charge is -2.20. The summed E-state index contributed by atoms with van der Waals surface area (Å²) in [7, 11) is 1.80. The van der Waals surface area contributed by atoms with Crippen LogP contribution in [0.1, 0.15) is 33.4 Å². The molecule has 1 atom stereocenters. The molecular weight excluding hydrogens is 304 g/mol. The summed E-state index contributed by atoms with van der Waals surface area (Å²) in [4.78, 5) is 23.7. The van der Waals surface area contributed by atoms with Crippen LogP contribution in [0.25, 0.3) is 0 Å². The molecule has 1 N–H and O–H groups in total. The number of likely N-dealkylation sites (N-methyl/N-ethyl adjacent to an activating group) is 1. The summed E-state index contributed by atoms with van der Waals surface area (Å²) in [5.74, 6) is 0.240. The van der Waals surface area contributed by atoms with E-state index in [0.29, 0.717) is 13.1 Å². The largest absolute Gasteiger partial charge is 0.332 e. The van der Waals surface area contributed by atoms with Gasteiger partial charge >= 0.3 is 6.03 Å². The van der Waals surface area contributed by atoms with Gasteiger partial charge in [-0.25, -0.2) is 14.8 Å². The van der Waals surface area contributed by atoms with Gasteiger partial charge in [-0.15, -0.1) is 22.7 Å². The van der Waals surface area contributed by atoms with Crippen LogP contribution in [-0.2, 0) is 6.54 Å². The van der Waals surface area contributed by atoms with Gasteiger partial charge in [0.25, 0.3) is 0 Å². The molecule has 2 amide bonds. The predicted octanol–water partition coefficient (Wildman–Crippen LogP) is 3.16. The molecular formula is C14H20N4OS2. The zero-order valence-electron chi connectivity index (χ0n) is 12.7. The Kier molecular flexibility index (Phi) is 5.30. The highest BCUT2D eigenvalue weighted by atomic mass is 32.1. The van der Waals surface area contributed by atoms with Crippen molar-refractivity contribution in [3.8, 4) is 0 Å². The highest BCUT2D eigenvalue weighted by molar-refractivity contribution is 7.11. The monoisotopic (exact) mass is 324 g/mol. The molecule has 0 spiro atoms. The first-order valence-electron chi connectivity index (χ1n) is 6.78. The number of carbonyl (C=O) groups is 1. The second-order valence-corrected chi connectivity index (χ2v) is 7.38. The topological polar surface area (TPSA) is 58.1 Å². The third-order valence-electron chi connectivity index (χ3n) is 3.17. The number of hydrogen-bond acceptors (Lipinski definition) is 5. The summed E-state index contributed by atoms with van der Waals surface area (Å²) in [6.07, 6.45) is 1.80. The number of nitrogens with one attached hydrogen (secondary N) is 1. The average molecular weight is 324 g/mol. The molecule has 2 aromatic rings. The molecule has 114 valence electrons. The molecule has 21 heavy (non-hydrogen) atoms. The van der Waals surface area contributed by atoms with Crippen LogP contribution in [0.5, 0.6) is 0 Å². The molecule has 0 aromatic carbocycles. The van der Waals surface area contributed by atoms with Crippen molar-refractivity contribution in [2.75, 3.05) is 13.6 Å². The van der Waals surface area contributed by atoms with Crippen molar-refractivity contribution in [3.05, 3.63) is 32.2 Å². The van der Waals surface area contributed by atoms with Crippen LogP contribution in [0.4, 0.5) is 4.79 Å². The van der Waals surface area contributed by atoms with E-state index in [1.165, 1.54) is 0 Å². The van der Waals surface area contributed by atoms with Crippen molar-refractivity contribution >= 4 is 28.7 Å². The van der Waals surface area contributed by atoms with Crippen molar-refractivity contribution in [3.63, 3.8) is 0 Å². The van der Waals surface area contributed by atoms with E-state index >= 15 is 0 Å². The van der Waals surface area contributed by atoms with Crippen LogP contribution in [0.3, 0.4) is 0 Å². The van der Waals surface area contributed by atoms with Crippen molar-refractivity contribution in [2.45, 2.75) is 33.2 Å². The van der Waals surface area contributed by atoms with Gasteiger partial charge in [-0.3, -0.25) is 0 Å². The maximum absolute atomic E-state index is 12.1. The Labute approximate surface area is 133 Å². The Morgan fingerprint density at radius 2 is 2.24 bits per heavy atom. The molecule has 0 aliphatic carbocycles. The normalized spacial score (nSPS) is 12.2. The van der Waals surface area contributed by atoms with Crippen LogP contribution in [0.15, 0.2) is 11.6 Å². The fourth-order valence-corrected chi connectivity index (χ4v) is 3.60. The Bertz CT molecular complexity index is 594. The second kappa shape index (κ2) is 7.00. The second-order valence-electron chi connectivity index (χ2n) is 5.05. The Morgan fingerprint density at radius 1 is 1.48 bits per heavy atom. The highest BCUT2D eigenvalue weighted by Crippen LogP contribution is 2.18. The lowest BCUT2D eigenvalue weighted by atomic mass is 10.2. The molecule has 0 saturated heterocycles. The molecule has 2 heterocycles. The molecule has 0 saturated carbocycles. The summed E-state index contributed by atoms with van der Waals surface area (Å²) in [5, 5.41) is 6.96. The number of carbonyl (C=O) groups excluding carboxylic acids is 1. The van der Waals surface area contributed by atoms with Crippen molar-refractivity contribution in [1.29, 1.82) is 0 Å². The lowest BCUT2D eigenvalue weighted by Crippen LogP contribution is -2.38. The van der Waals surface area contributed by atoms with Crippen molar-refractivity contribution in [2.24, 2.45) is 0 Å². The zero-order valence-corrected chi connectivity index (χ0v) is 14.3. The maximum Gasteiger partial charge on any atom is 0.317 e. The number of thiazole rings is 2. The molecule has 0 aliphatic heterocycles. The average Bonchev–Trinajstić information content (AvgIpc) is 3.05. The van der Waals surface area contributed by atoms with Gasteiger partial charge in [0.15, 0.2) is 0 Å². The molecule has 5 nitrogen and oxygen atoms in total. The quantitative estimate of drug-likeness (QED) is 0.919. The first-order valence-corrected chi connectivity index (χ1v) is 8.48. The van der Waals surface area contributed by atoms with E-state index in [2.05, 4.69) is 22.2 Å². The minimum absolute atomic E-state index is 0.0801. The van der Waals surface area contributed by atoms with Gasteiger partial charge in [-0.05, 0) is 13.8 Å². The molecule has 2 rings (SSSR count). The summed E-state index contributed by atoms with van der Waals surface area (Å²) in [5.41, 5.74) is 0.951. The molecule has 1 unspecified atom stereocenters. The van der Waals surface area contributed by atoms with Gasteiger partial charge in [0.05, 0.1) is 22.3 Å². The van der Waals surface area contributed by atoms with E-state index in [1.54, 1.807) is 40.8 Å². The summed E-state index contributed by atoms with van der Waals surface area (Å²) in [6.45, 7) is 7.21. The SMILES string of the molecule is Cc1nc(CNC(=O)N(C)CC(C)c2nccs2)c(C)s1. The number of nitrogens with zero attached hydrogens (tertiary/aromatic N) is 3. The van der Waals surface area contributed by atoms with Crippen LogP contribution in [0, 0.1) is 13.8 Å². The van der Waals surface area contributed by atoms with Crippen LogP contribution >= 0.6 is 22.7 Å². The molecule has 2 aromatic heterocycles. The smallest absolute Gasteiger partial charge is 0.317 e. The number of aryl methyl sites for hydroxylation is 2. The van der Waals surface area contributed by atoms with Crippen molar-refractivity contribution in [1.82, 2.24) is 20.2 Å². The molecule has 0 aliphatic rings. The number of aromatic nitrogens is 2. The van der Waals surface area contributed by atoms with Crippen LogP contribution in [0.2, 0.25) is 0 Å². The maximum atomic E-state index is 12.1. The third kappa shape index (κ3) is 4.25. The minimum atomic E-state index is -0.0801. The molecule has 0 fully saturated rings. The van der Waals surface area contributed by atoms with Gasteiger partial charge in [-0.2, -0.15) is 0 Å². The number of rotatable bonds is 5. The standard InChI is InChI=1S/C14H20N4OS2/c1-9(13-15-5-6-20-13)8-18(4)14(19)16-7-12-10(2)21-11(3)17-12/h5-6,9H,7-8H2,1-4H3,(H,16,19). The van der Waals surface area contributed by atoms with Gasteiger partial charge < -0.3 is 10.2 Å². The third-order valence-corrected chi connectivity index (χ3v) is 5.11. The molecule has 7 heteroatoms. The van der Waals surface area contributed by atoms with Crippen LogP contribution < -0.4 is 5.32 Å². The Morgan fingerprint density at radius 3 is 2.81 bits per heavy atom. The highest BCUT2D eigenvalue weighted by Gasteiger charge is 2.16. The van der Waals surface area contributed by atoms with E-state index in [9.17, 15) is 4.79 Å². The predicted molar refractivity (Wildman–Crippen MR) is 87.0 cm³/mol. The summed E-state index contributed by atoms with van der Waals surface area (Å²) < 4.78 is 0. The Hall–Kier alpha value is -1.47. The van der Waals surface area contributed by atoms with Gasteiger partial charge in [0, 0.05) is 36.0 Å². The first kappa shape index (κ1) is 15.9. The van der Waals surface area contributed by atoms with Gasteiger partial charge in [-0.1, -0.05) is 6.92 Å². The lowest BCUT2D eigenvalue weighted by molar-refractivity contribution is 0.206. The van der Waals surface area contributed by atoms with E-state index in [0.717, 1.165) is 20.6 Å². The van der Waals surface area contributed by atoms with Gasteiger partial charge in [0.1, 0.15) is 0 Å². The van der Waals surface area contributed by atoms with E-state index in [-0.39, 0.29) is 11.9 Å². The fraction of sp³-hybridized carbons (Fsp3) is 0.500. The number of amides is 2.